The van der Waals surface area contributed by atoms with E-state index in [1.807, 2.05) is 12.1 Å². The van der Waals surface area contributed by atoms with Crippen molar-refractivity contribution >= 4 is 5.69 Å². The first-order valence-electron chi connectivity index (χ1n) is 6.79. The zero-order valence-corrected chi connectivity index (χ0v) is 11.4. The Kier molecular flexibility index (Phi) is 4.61. The second-order valence-corrected chi connectivity index (χ2v) is 5.28. The zero-order chi connectivity index (χ0) is 13.0. The van der Waals surface area contributed by atoms with Gasteiger partial charge in [0.05, 0.1) is 0 Å². The standard InChI is InChI=1S/C15H24N2O/c1-12(14-4-3-5-15(16)10-14)17-8-6-13(7-9-17)11-18-2/h3-5,10,12-13H,6-9,11,16H2,1-2H3. The third-order valence-corrected chi connectivity index (χ3v) is 3.99. The molecule has 0 aromatic heterocycles. The molecular weight excluding hydrogens is 224 g/mol. The molecule has 18 heavy (non-hydrogen) atoms. The number of nitrogen functional groups attached to an aromatic ring is 1. The molecule has 0 aliphatic carbocycles. The van der Waals surface area contributed by atoms with E-state index in [-0.39, 0.29) is 0 Å². The van der Waals surface area contributed by atoms with E-state index >= 15 is 0 Å². The molecule has 1 atom stereocenters. The third kappa shape index (κ3) is 3.24. The molecule has 0 saturated carbocycles. The smallest absolute Gasteiger partial charge is 0.0491 e. The highest BCUT2D eigenvalue weighted by atomic mass is 16.5. The molecule has 1 aromatic carbocycles. The summed E-state index contributed by atoms with van der Waals surface area (Å²) in [6.07, 6.45) is 2.47. The van der Waals surface area contributed by atoms with Crippen LogP contribution < -0.4 is 5.73 Å². The second-order valence-electron chi connectivity index (χ2n) is 5.28. The van der Waals surface area contributed by atoms with E-state index < -0.39 is 0 Å². The van der Waals surface area contributed by atoms with Gasteiger partial charge in [0.2, 0.25) is 0 Å². The highest BCUT2D eigenvalue weighted by Gasteiger charge is 2.23. The molecule has 100 valence electrons. The summed E-state index contributed by atoms with van der Waals surface area (Å²) in [5.74, 6) is 0.735. The van der Waals surface area contributed by atoms with Crippen molar-refractivity contribution in [3.05, 3.63) is 29.8 Å². The fourth-order valence-electron chi connectivity index (χ4n) is 2.77. The van der Waals surface area contributed by atoms with Crippen LogP contribution in [0.4, 0.5) is 5.69 Å². The fraction of sp³-hybridized carbons (Fsp3) is 0.600. The van der Waals surface area contributed by atoms with Gasteiger partial charge in [0.1, 0.15) is 0 Å². The van der Waals surface area contributed by atoms with Crippen molar-refractivity contribution in [3.8, 4) is 0 Å². The molecule has 0 amide bonds. The lowest BCUT2D eigenvalue weighted by Gasteiger charge is -2.36. The molecule has 1 aromatic rings. The Bertz CT molecular complexity index is 373. The van der Waals surface area contributed by atoms with Gasteiger partial charge in [0.25, 0.3) is 0 Å². The van der Waals surface area contributed by atoms with Gasteiger partial charge in [-0.3, -0.25) is 4.90 Å². The lowest BCUT2D eigenvalue weighted by atomic mass is 9.95. The maximum absolute atomic E-state index is 5.85. The molecule has 1 unspecified atom stereocenters. The van der Waals surface area contributed by atoms with Crippen molar-refractivity contribution in [3.63, 3.8) is 0 Å². The summed E-state index contributed by atoms with van der Waals surface area (Å²) >= 11 is 0. The SMILES string of the molecule is COCC1CCN(C(C)c2cccc(N)c2)CC1. The number of piperidine rings is 1. The lowest BCUT2D eigenvalue weighted by molar-refractivity contribution is 0.0833. The van der Waals surface area contributed by atoms with E-state index in [1.165, 1.54) is 18.4 Å². The Morgan fingerprint density at radius 2 is 2.11 bits per heavy atom. The normalized spacial score (nSPS) is 19.9. The highest BCUT2D eigenvalue weighted by molar-refractivity contribution is 5.41. The number of benzene rings is 1. The van der Waals surface area contributed by atoms with E-state index in [9.17, 15) is 0 Å². The predicted molar refractivity (Wildman–Crippen MR) is 75.4 cm³/mol. The largest absolute Gasteiger partial charge is 0.399 e. The van der Waals surface area contributed by atoms with Crippen LogP contribution in [0.3, 0.4) is 0 Å². The molecule has 1 saturated heterocycles. The molecule has 2 N–H and O–H groups in total. The molecule has 0 bridgehead atoms. The van der Waals surface area contributed by atoms with Gasteiger partial charge in [0.15, 0.2) is 0 Å². The summed E-state index contributed by atoms with van der Waals surface area (Å²) in [7, 11) is 1.79. The van der Waals surface area contributed by atoms with E-state index in [1.54, 1.807) is 7.11 Å². The monoisotopic (exact) mass is 248 g/mol. The number of likely N-dealkylation sites (tertiary alicyclic amines) is 1. The van der Waals surface area contributed by atoms with Crippen molar-refractivity contribution in [2.24, 2.45) is 5.92 Å². The molecule has 2 rings (SSSR count). The van der Waals surface area contributed by atoms with Crippen LogP contribution in [-0.4, -0.2) is 31.7 Å². The first-order chi connectivity index (χ1) is 8.70. The van der Waals surface area contributed by atoms with Gasteiger partial charge >= 0.3 is 0 Å². The minimum Gasteiger partial charge on any atom is -0.399 e. The molecule has 1 fully saturated rings. The number of hydrogen-bond acceptors (Lipinski definition) is 3. The number of nitrogens with two attached hydrogens (primary N) is 1. The van der Waals surface area contributed by atoms with E-state index in [0.29, 0.717) is 6.04 Å². The quantitative estimate of drug-likeness (QED) is 0.833. The van der Waals surface area contributed by atoms with Gasteiger partial charge in [-0.25, -0.2) is 0 Å². The Balaban J connectivity index is 1.93. The number of methoxy groups -OCH3 is 1. The van der Waals surface area contributed by atoms with Crippen LogP contribution in [0, 0.1) is 5.92 Å². The Hall–Kier alpha value is -1.06. The van der Waals surface area contributed by atoms with Gasteiger partial charge in [-0.15, -0.1) is 0 Å². The first-order valence-corrected chi connectivity index (χ1v) is 6.79. The molecular formula is C15H24N2O. The van der Waals surface area contributed by atoms with Crippen LogP contribution in [0.5, 0.6) is 0 Å². The first kappa shape index (κ1) is 13.4. The molecule has 0 spiro atoms. The minimum absolute atomic E-state index is 0.456. The average Bonchev–Trinajstić information content (AvgIpc) is 2.39. The molecule has 0 radical (unpaired) electrons. The van der Waals surface area contributed by atoms with Gasteiger partial charge in [-0.05, 0) is 56.5 Å². The van der Waals surface area contributed by atoms with Crippen LogP contribution >= 0.6 is 0 Å². The second kappa shape index (κ2) is 6.21. The molecule has 3 nitrogen and oxygen atoms in total. The van der Waals surface area contributed by atoms with Crippen molar-refractivity contribution in [1.29, 1.82) is 0 Å². The summed E-state index contributed by atoms with van der Waals surface area (Å²) in [5.41, 5.74) is 8.03. The third-order valence-electron chi connectivity index (χ3n) is 3.99. The van der Waals surface area contributed by atoms with Crippen LogP contribution in [0.25, 0.3) is 0 Å². The van der Waals surface area contributed by atoms with Gasteiger partial charge in [-0.2, -0.15) is 0 Å². The van der Waals surface area contributed by atoms with Crippen molar-refractivity contribution in [2.45, 2.75) is 25.8 Å². The number of nitrogens with zero attached hydrogens (tertiary/aromatic N) is 1. The van der Waals surface area contributed by atoms with Crippen molar-refractivity contribution < 1.29 is 4.74 Å². The Morgan fingerprint density at radius 1 is 1.39 bits per heavy atom. The van der Waals surface area contributed by atoms with E-state index in [0.717, 1.165) is 31.3 Å². The van der Waals surface area contributed by atoms with Crippen molar-refractivity contribution in [1.82, 2.24) is 4.90 Å². The molecule has 1 heterocycles. The topological polar surface area (TPSA) is 38.5 Å². The van der Waals surface area contributed by atoms with E-state index in [4.69, 9.17) is 10.5 Å². The Morgan fingerprint density at radius 3 is 2.72 bits per heavy atom. The summed E-state index contributed by atoms with van der Waals surface area (Å²) in [4.78, 5) is 2.54. The average molecular weight is 248 g/mol. The molecule has 1 aliphatic rings. The van der Waals surface area contributed by atoms with Crippen LogP contribution in [0.2, 0.25) is 0 Å². The summed E-state index contributed by atoms with van der Waals surface area (Å²) < 4.78 is 5.24. The highest BCUT2D eigenvalue weighted by Crippen LogP contribution is 2.27. The summed E-state index contributed by atoms with van der Waals surface area (Å²) in [6.45, 7) is 5.49. The summed E-state index contributed by atoms with van der Waals surface area (Å²) in [5, 5.41) is 0. The van der Waals surface area contributed by atoms with Crippen LogP contribution in [0.1, 0.15) is 31.4 Å². The van der Waals surface area contributed by atoms with Crippen LogP contribution in [0.15, 0.2) is 24.3 Å². The molecule has 3 heteroatoms. The van der Waals surface area contributed by atoms with Crippen LogP contribution in [-0.2, 0) is 4.74 Å². The van der Waals surface area contributed by atoms with Gasteiger partial charge in [0, 0.05) is 25.4 Å². The zero-order valence-electron chi connectivity index (χ0n) is 11.4. The predicted octanol–water partition coefficient (Wildman–Crippen LogP) is 2.69. The molecule has 1 aliphatic heterocycles. The van der Waals surface area contributed by atoms with E-state index in [2.05, 4.69) is 24.0 Å². The number of ether oxygens (including phenoxy) is 1. The fourth-order valence-corrected chi connectivity index (χ4v) is 2.77. The number of anilines is 1. The van der Waals surface area contributed by atoms with Gasteiger partial charge < -0.3 is 10.5 Å². The number of hydrogen-bond donors (Lipinski definition) is 1. The van der Waals surface area contributed by atoms with Gasteiger partial charge in [-0.1, -0.05) is 12.1 Å². The minimum atomic E-state index is 0.456. The summed E-state index contributed by atoms with van der Waals surface area (Å²) in [6, 6.07) is 8.70. The Labute approximate surface area is 110 Å². The van der Waals surface area contributed by atoms with Crippen molar-refractivity contribution in [2.75, 3.05) is 32.5 Å². The maximum Gasteiger partial charge on any atom is 0.0491 e. The number of rotatable bonds is 4. The maximum atomic E-state index is 5.85. The lowest BCUT2D eigenvalue weighted by Crippen LogP contribution is -2.36.